The Morgan fingerprint density at radius 1 is 1.33 bits per heavy atom. The molecular formula is C17H20N4O3. The molecule has 0 bridgehead atoms. The molecule has 1 N–H and O–H groups in total. The van der Waals surface area contributed by atoms with Crippen LogP contribution in [0, 0.1) is 0 Å². The van der Waals surface area contributed by atoms with E-state index >= 15 is 0 Å². The number of hydrogen-bond acceptors (Lipinski definition) is 5. The lowest BCUT2D eigenvalue weighted by Crippen LogP contribution is -2.41. The monoisotopic (exact) mass is 328 g/mol. The van der Waals surface area contributed by atoms with Crippen LogP contribution in [0.5, 0.6) is 0 Å². The Kier molecular flexibility index (Phi) is 4.88. The van der Waals surface area contributed by atoms with E-state index in [-0.39, 0.29) is 11.8 Å². The lowest BCUT2D eigenvalue weighted by Gasteiger charge is -2.24. The first-order valence-electron chi connectivity index (χ1n) is 8.04. The van der Waals surface area contributed by atoms with Gasteiger partial charge in [0.25, 0.3) is 5.91 Å². The molecular weight excluding hydrogens is 308 g/mol. The van der Waals surface area contributed by atoms with Crippen molar-refractivity contribution in [3.8, 4) is 0 Å². The first kappa shape index (κ1) is 16.2. The third-order valence-electron chi connectivity index (χ3n) is 3.94. The van der Waals surface area contributed by atoms with Crippen LogP contribution in [0.4, 0.5) is 0 Å². The lowest BCUT2D eigenvalue weighted by molar-refractivity contribution is -0.134. The second-order valence-electron chi connectivity index (χ2n) is 5.85. The Hall–Kier alpha value is -2.70. The smallest absolute Gasteiger partial charge is 0.264 e. The lowest BCUT2D eigenvalue weighted by atomic mass is 10.0. The van der Waals surface area contributed by atoms with Crippen LogP contribution in [0.15, 0.2) is 40.6 Å². The summed E-state index contributed by atoms with van der Waals surface area (Å²) in [7, 11) is 0. The molecule has 2 heterocycles. The van der Waals surface area contributed by atoms with Crippen molar-refractivity contribution in [3.63, 3.8) is 0 Å². The van der Waals surface area contributed by atoms with Gasteiger partial charge in [-0.1, -0.05) is 35.5 Å². The standard InChI is InChI=1S/C17H20N4O3/c1-12-11-15(24-20-12)17(23)18-9-10-21-16(22)8-7-14(19-21)13-5-3-2-4-6-13/h2-6,15H,7-11H2,1H3,(H,18,23). The highest BCUT2D eigenvalue weighted by atomic mass is 16.6. The van der Waals surface area contributed by atoms with Gasteiger partial charge in [0.15, 0.2) is 0 Å². The van der Waals surface area contributed by atoms with Gasteiger partial charge in [-0.25, -0.2) is 5.01 Å². The van der Waals surface area contributed by atoms with Gasteiger partial charge in [-0.2, -0.15) is 5.10 Å². The highest BCUT2D eigenvalue weighted by molar-refractivity contribution is 6.04. The summed E-state index contributed by atoms with van der Waals surface area (Å²) in [4.78, 5) is 29.0. The van der Waals surface area contributed by atoms with Crippen LogP contribution >= 0.6 is 0 Å². The van der Waals surface area contributed by atoms with Crippen LogP contribution in [0.25, 0.3) is 0 Å². The van der Waals surface area contributed by atoms with Gasteiger partial charge in [-0.05, 0) is 12.5 Å². The Bertz CT molecular complexity index is 684. The van der Waals surface area contributed by atoms with Gasteiger partial charge in [0.1, 0.15) is 0 Å². The number of oxime groups is 1. The predicted molar refractivity (Wildman–Crippen MR) is 89.5 cm³/mol. The summed E-state index contributed by atoms with van der Waals surface area (Å²) in [6.07, 6.45) is 1.01. The fourth-order valence-electron chi connectivity index (χ4n) is 2.65. The third-order valence-corrected chi connectivity index (χ3v) is 3.94. The Balaban J connectivity index is 1.54. The largest absolute Gasteiger partial charge is 0.382 e. The molecule has 0 radical (unpaired) electrons. The fraction of sp³-hybridized carbons (Fsp3) is 0.412. The number of carbonyl (C=O) groups excluding carboxylic acids is 2. The molecule has 0 saturated heterocycles. The molecule has 0 saturated carbocycles. The summed E-state index contributed by atoms with van der Waals surface area (Å²) < 4.78 is 0. The van der Waals surface area contributed by atoms with E-state index in [0.29, 0.717) is 32.4 Å². The molecule has 1 unspecified atom stereocenters. The van der Waals surface area contributed by atoms with Crippen molar-refractivity contribution in [2.24, 2.45) is 10.3 Å². The van der Waals surface area contributed by atoms with Gasteiger partial charge >= 0.3 is 0 Å². The Morgan fingerprint density at radius 3 is 2.83 bits per heavy atom. The molecule has 0 aromatic heterocycles. The molecule has 126 valence electrons. The van der Waals surface area contributed by atoms with E-state index in [9.17, 15) is 9.59 Å². The second kappa shape index (κ2) is 7.25. The molecule has 0 aliphatic carbocycles. The van der Waals surface area contributed by atoms with Gasteiger partial charge in [0.05, 0.1) is 18.0 Å². The second-order valence-corrected chi connectivity index (χ2v) is 5.85. The van der Waals surface area contributed by atoms with Crippen LogP contribution in [-0.2, 0) is 14.4 Å². The average molecular weight is 328 g/mol. The highest BCUT2D eigenvalue weighted by Gasteiger charge is 2.26. The van der Waals surface area contributed by atoms with Crippen molar-refractivity contribution in [2.75, 3.05) is 13.1 Å². The Morgan fingerprint density at radius 2 is 2.12 bits per heavy atom. The number of hydrogen-bond donors (Lipinski definition) is 1. The molecule has 24 heavy (non-hydrogen) atoms. The molecule has 0 fully saturated rings. The van der Waals surface area contributed by atoms with Gasteiger partial charge in [0.2, 0.25) is 12.0 Å². The molecule has 7 nitrogen and oxygen atoms in total. The number of benzene rings is 1. The van der Waals surface area contributed by atoms with Crippen molar-refractivity contribution in [1.82, 2.24) is 10.3 Å². The van der Waals surface area contributed by atoms with E-state index in [1.807, 2.05) is 37.3 Å². The molecule has 1 aromatic rings. The Labute approximate surface area is 140 Å². The van der Waals surface area contributed by atoms with Gasteiger partial charge in [-0.15, -0.1) is 0 Å². The number of hydrazone groups is 1. The van der Waals surface area contributed by atoms with Crippen molar-refractivity contribution in [2.45, 2.75) is 32.3 Å². The number of nitrogens with one attached hydrogen (secondary N) is 1. The maximum atomic E-state index is 12.0. The normalized spacial score (nSPS) is 20.3. The molecule has 0 spiro atoms. The summed E-state index contributed by atoms with van der Waals surface area (Å²) in [6.45, 7) is 2.49. The summed E-state index contributed by atoms with van der Waals surface area (Å²) >= 11 is 0. The minimum absolute atomic E-state index is 0.0276. The summed E-state index contributed by atoms with van der Waals surface area (Å²) in [5, 5.41) is 12.4. The average Bonchev–Trinajstić information content (AvgIpc) is 3.04. The van der Waals surface area contributed by atoms with E-state index in [2.05, 4.69) is 15.6 Å². The van der Waals surface area contributed by atoms with Crippen LogP contribution < -0.4 is 5.32 Å². The predicted octanol–water partition coefficient (Wildman–Crippen LogP) is 1.29. The summed E-state index contributed by atoms with van der Waals surface area (Å²) in [6, 6.07) is 9.81. The van der Waals surface area contributed by atoms with E-state index in [4.69, 9.17) is 4.84 Å². The SMILES string of the molecule is CC1=NOC(C(=O)NCCN2N=C(c3ccccc3)CCC2=O)C1. The van der Waals surface area contributed by atoms with Crippen molar-refractivity contribution in [3.05, 3.63) is 35.9 Å². The first-order valence-corrected chi connectivity index (χ1v) is 8.04. The van der Waals surface area contributed by atoms with Crippen molar-refractivity contribution in [1.29, 1.82) is 0 Å². The molecule has 2 aliphatic heterocycles. The number of rotatable bonds is 5. The molecule has 1 atom stereocenters. The quantitative estimate of drug-likeness (QED) is 0.884. The fourth-order valence-corrected chi connectivity index (χ4v) is 2.65. The highest BCUT2D eigenvalue weighted by Crippen LogP contribution is 2.15. The zero-order valence-electron chi connectivity index (χ0n) is 13.6. The molecule has 3 rings (SSSR count). The summed E-state index contributed by atoms with van der Waals surface area (Å²) in [5.41, 5.74) is 2.72. The topological polar surface area (TPSA) is 83.4 Å². The zero-order valence-corrected chi connectivity index (χ0v) is 13.6. The minimum atomic E-state index is -0.564. The summed E-state index contributed by atoms with van der Waals surface area (Å²) in [5.74, 6) is -0.243. The van der Waals surface area contributed by atoms with Crippen LogP contribution in [0.1, 0.15) is 31.7 Å². The number of nitrogens with zero attached hydrogens (tertiary/aromatic N) is 3. The molecule has 2 aliphatic rings. The van der Waals surface area contributed by atoms with Crippen LogP contribution in [0.2, 0.25) is 0 Å². The maximum absolute atomic E-state index is 12.0. The van der Waals surface area contributed by atoms with Gasteiger partial charge in [-0.3, -0.25) is 9.59 Å². The third kappa shape index (κ3) is 3.79. The van der Waals surface area contributed by atoms with E-state index < -0.39 is 6.10 Å². The van der Waals surface area contributed by atoms with E-state index in [1.54, 1.807) is 0 Å². The maximum Gasteiger partial charge on any atom is 0.264 e. The van der Waals surface area contributed by atoms with E-state index in [1.165, 1.54) is 5.01 Å². The molecule has 7 heteroatoms. The number of carbonyl (C=O) groups is 2. The van der Waals surface area contributed by atoms with E-state index in [0.717, 1.165) is 17.0 Å². The number of amides is 2. The van der Waals surface area contributed by atoms with Crippen LogP contribution in [-0.4, -0.2) is 47.4 Å². The minimum Gasteiger partial charge on any atom is -0.382 e. The molecule has 1 aromatic carbocycles. The van der Waals surface area contributed by atoms with Crippen LogP contribution in [0.3, 0.4) is 0 Å². The zero-order chi connectivity index (χ0) is 16.9. The first-order chi connectivity index (χ1) is 11.6. The molecule has 2 amide bonds. The van der Waals surface area contributed by atoms with Gasteiger partial charge in [0, 0.05) is 25.8 Å². The van der Waals surface area contributed by atoms with Crippen molar-refractivity contribution >= 4 is 23.2 Å². The van der Waals surface area contributed by atoms with Crippen molar-refractivity contribution < 1.29 is 14.4 Å². The van der Waals surface area contributed by atoms with Gasteiger partial charge < -0.3 is 10.2 Å².